The van der Waals surface area contributed by atoms with Crippen LogP contribution in [0.3, 0.4) is 0 Å². The number of ether oxygens (including phenoxy) is 1. The molecule has 1 saturated heterocycles. The van der Waals surface area contributed by atoms with Gasteiger partial charge >= 0.3 is 5.97 Å². The summed E-state index contributed by atoms with van der Waals surface area (Å²) in [5, 5.41) is 9.46. The molecule has 0 radical (unpaired) electrons. The fraction of sp³-hybridized carbons (Fsp3) is 0.875. The molecule has 62 valence electrons. The van der Waals surface area contributed by atoms with E-state index in [1.165, 1.54) is 0 Å². The van der Waals surface area contributed by atoms with E-state index in [9.17, 15) is 9.90 Å². The Morgan fingerprint density at radius 2 is 2.27 bits per heavy atom. The zero-order chi connectivity index (χ0) is 7.84. The molecule has 0 unspecified atom stereocenters. The molecule has 1 saturated carbocycles. The Labute approximate surface area is 65.4 Å². The minimum atomic E-state index is -0.305. The maximum absolute atomic E-state index is 10.8. The second-order valence-corrected chi connectivity index (χ2v) is 3.39. The first-order chi connectivity index (χ1) is 5.27. The standard InChI is InChI=1S/C8H12O3/c9-6-2-1-3-7-5(6)4-8(10)11-7/h5-7,9H,1-4H2/t5-,6+,7-/m1/s1. The van der Waals surface area contributed by atoms with Gasteiger partial charge in [0.25, 0.3) is 0 Å². The molecule has 1 heterocycles. The van der Waals surface area contributed by atoms with Gasteiger partial charge in [-0.25, -0.2) is 0 Å². The lowest BCUT2D eigenvalue weighted by Crippen LogP contribution is -2.32. The molecule has 1 aliphatic heterocycles. The molecule has 0 aromatic heterocycles. The van der Waals surface area contributed by atoms with E-state index in [0.717, 1.165) is 19.3 Å². The molecule has 0 amide bonds. The van der Waals surface area contributed by atoms with E-state index in [-0.39, 0.29) is 24.1 Å². The van der Waals surface area contributed by atoms with Gasteiger partial charge in [-0.2, -0.15) is 0 Å². The Balaban J connectivity index is 2.09. The normalized spacial score (nSPS) is 43.4. The summed E-state index contributed by atoms with van der Waals surface area (Å²) in [5.41, 5.74) is 0. The predicted octanol–water partition coefficient (Wildman–Crippen LogP) is 0.463. The van der Waals surface area contributed by atoms with Crippen molar-refractivity contribution in [3.63, 3.8) is 0 Å². The first kappa shape index (κ1) is 7.10. The van der Waals surface area contributed by atoms with Crippen molar-refractivity contribution in [3.8, 4) is 0 Å². The molecule has 2 aliphatic rings. The van der Waals surface area contributed by atoms with E-state index < -0.39 is 0 Å². The Hall–Kier alpha value is -0.570. The highest BCUT2D eigenvalue weighted by atomic mass is 16.6. The van der Waals surface area contributed by atoms with Gasteiger partial charge in [0.05, 0.1) is 12.5 Å². The second-order valence-electron chi connectivity index (χ2n) is 3.39. The monoisotopic (exact) mass is 156 g/mol. The molecular weight excluding hydrogens is 144 g/mol. The van der Waals surface area contributed by atoms with Gasteiger partial charge in [-0.1, -0.05) is 0 Å². The summed E-state index contributed by atoms with van der Waals surface area (Å²) < 4.78 is 5.04. The SMILES string of the molecule is O=C1C[C@@H]2[C@@H](O)CCC[C@H]2O1. The number of esters is 1. The highest BCUT2D eigenvalue weighted by Gasteiger charge is 2.41. The number of aliphatic hydroxyl groups is 1. The van der Waals surface area contributed by atoms with Crippen LogP contribution >= 0.6 is 0 Å². The van der Waals surface area contributed by atoms with Crippen molar-refractivity contribution in [2.24, 2.45) is 5.92 Å². The van der Waals surface area contributed by atoms with Crippen molar-refractivity contribution >= 4 is 5.97 Å². The van der Waals surface area contributed by atoms with Crippen LogP contribution in [-0.4, -0.2) is 23.3 Å². The summed E-state index contributed by atoms with van der Waals surface area (Å²) in [6.45, 7) is 0. The molecule has 1 aliphatic carbocycles. The molecule has 0 spiro atoms. The summed E-state index contributed by atoms with van der Waals surface area (Å²) in [7, 11) is 0. The quantitative estimate of drug-likeness (QED) is 0.518. The van der Waals surface area contributed by atoms with E-state index >= 15 is 0 Å². The smallest absolute Gasteiger partial charge is 0.306 e. The van der Waals surface area contributed by atoms with Gasteiger partial charge < -0.3 is 9.84 Å². The number of hydrogen-bond donors (Lipinski definition) is 1. The van der Waals surface area contributed by atoms with Crippen LogP contribution in [0.15, 0.2) is 0 Å². The average Bonchev–Trinajstić information content (AvgIpc) is 2.31. The highest BCUT2D eigenvalue weighted by Crippen LogP contribution is 2.34. The first-order valence-corrected chi connectivity index (χ1v) is 4.15. The van der Waals surface area contributed by atoms with E-state index in [1.807, 2.05) is 0 Å². The van der Waals surface area contributed by atoms with Crippen molar-refractivity contribution in [3.05, 3.63) is 0 Å². The maximum atomic E-state index is 10.8. The number of fused-ring (bicyclic) bond motifs is 1. The number of aliphatic hydroxyl groups excluding tert-OH is 1. The Morgan fingerprint density at radius 1 is 1.45 bits per heavy atom. The van der Waals surface area contributed by atoms with Crippen molar-refractivity contribution in [2.75, 3.05) is 0 Å². The van der Waals surface area contributed by atoms with Crippen LogP contribution in [0.5, 0.6) is 0 Å². The predicted molar refractivity (Wildman–Crippen MR) is 37.8 cm³/mol. The molecule has 0 bridgehead atoms. The summed E-state index contributed by atoms with van der Waals surface area (Å²) in [4.78, 5) is 10.8. The lowest BCUT2D eigenvalue weighted by Gasteiger charge is -2.27. The van der Waals surface area contributed by atoms with E-state index in [2.05, 4.69) is 0 Å². The third kappa shape index (κ3) is 1.13. The molecule has 3 heteroatoms. The molecule has 3 nitrogen and oxygen atoms in total. The summed E-state index contributed by atoms with van der Waals surface area (Å²) in [6, 6.07) is 0. The zero-order valence-corrected chi connectivity index (χ0v) is 6.32. The lowest BCUT2D eigenvalue weighted by molar-refractivity contribution is -0.142. The van der Waals surface area contributed by atoms with Gasteiger partial charge in [0.15, 0.2) is 0 Å². The van der Waals surface area contributed by atoms with Gasteiger partial charge in [-0.15, -0.1) is 0 Å². The van der Waals surface area contributed by atoms with Gasteiger partial charge in [-0.05, 0) is 19.3 Å². The molecule has 11 heavy (non-hydrogen) atoms. The summed E-state index contributed by atoms with van der Waals surface area (Å²) in [6.07, 6.45) is 2.89. The third-order valence-electron chi connectivity index (χ3n) is 2.65. The zero-order valence-electron chi connectivity index (χ0n) is 6.32. The minimum Gasteiger partial charge on any atom is -0.462 e. The van der Waals surface area contributed by atoms with Gasteiger partial charge in [-0.3, -0.25) is 4.79 Å². The topological polar surface area (TPSA) is 46.5 Å². The molecule has 0 aromatic rings. The molecule has 2 fully saturated rings. The van der Waals surface area contributed by atoms with Crippen LogP contribution < -0.4 is 0 Å². The van der Waals surface area contributed by atoms with Crippen molar-refractivity contribution in [1.82, 2.24) is 0 Å². The van der Waals surface area contributed by atoms with E-state index in [4.69, 9.17) is 4.74 Å². The van der Waals surface area contributed by atoms with Gasteiger partial charge in [0.1, 0.15) is 6.10 Å². The fourth-order valence-electron chi connectivity index (χ4n) is 2.03. The van der Waals surface area contributed by atoms with Crippen LogP contribution in [0, 0.1) is 5.92 Å². The van der Waals surface area contributed by atoms with E-state index in [1.54, 1.807) is 0 Å². The second kappa shape index (κ2) is 2.48. The first-order valence-electron chi connectivity index (χ1n) is 4.15. The number of carbonyl (C=O) groups is 1. The Bertz CT molecular complexity index is 178. The number of hydrogen-bond acceptors (Lipinski definition) is 3. The fourth-order valence-corrected chi connectivity index (χ4v) is 2.03. The molecular formula is C8H12O3. The minimum absolute atomic E-state index is 0.0197. The number of rotatable bonds is 0. The Morgan fingerprint density at radius 3 is 3.00 bits per heavy atom. The molecule has 0 aromatic carbocycles. The third-order valence-corrected chi connectivity index (χ3v) is 2.65. The molecule has 3 atom stereocenters. The van der Waals surface area contributed by atoms with Crippen LogP contribution in [0.1, 0.15) is 25.7 Å². The van der Waals surface area contributed by atoms with Crippen LogP contribution in [0.25, 0.3) is 0 Å². The van der Waals surface area contributed by atoms with Crippen LogP contribution in [-0.2, 0) is 9.53 Å². The maximum Gasteiger partial charge on any atom is 0.306 e. The highest BCUT2D eigenvalue weighted by molar-refractivity contribution is 5.72. The van der Waals surface area contributed by atoms with Crippen LogP contribution in [0.4, 0.5) is 0 Å². The summed E-state index contributed by atoms with van der Waals surface area (Å²) in [5.74, 6) is -0.0443. The van der Waals surface area contributed by atoms with Gasteiger partial charge in [0, 0.05) is 5.92 Å². The summed E-state index contributed by atoms with van der Waals surface area (Å²) >= 11 is 0. The number of carbonyl (C=O) groups excluding carboxylic acids is 1. The Kier molecular flexibility index (Phi) is 1.60. The van der Waals surface area contributed by atoms with Crippen molar-refractivity contribution < 1.29 is 14.6 Å². The van der Waals surface area contributed by atoms with Crippen molar-refractivity contribution in [1.29, 1.82) is 0 Å². The molecule has 2 rings (SSSR count). The van der Waals surface area contributed by atoms with Crippen molar-refractivity contribution in [2.45, 2.75) is 37.9 Å². The van der Waals surface area contributed by atoms with Crippen LogP contribution in [0.2, 0.25) is 0 Å². The average molecular weight is 156 g/mol. The van der Waals surface area contributed by atoms with Gasteiger partial charge in [0.2, 0.25) is 0 Å². The van der Waals surface area contributed by atoms with E-state index in [0.29, 0.717) is 6.42 Å². The largest absolute Gasteiger partial charge is 0.462 e. The molecule has 1 N–H and O–H groups in total. The lowest BCUT2D eigenvalue weighted by atomic mass is 9.84.